The summed E-state index contributed by atoms with van der Waals surface area (Å²) in [6, 6.07) is 15.5. The van der Waals surface area contributed by atoms with Crippen LogP contribution in [0, 0.1) is 5.92 Å². The molecule has 1 atom stereocenters. The number of amides is 1. The molecule has 0 spiro atoms. The molecule has 4 nitrogen and oxygen atoms in total. The summed E-state index contributed by atoms with van der Waals surface area (Å²) in [5.41, 5.74) is 4.27. The Morgan fingerprint density at radius 1 is 1.11 bits per heavy atom. The van der Waals surface area contributed by atoms with Crippen molar-refractivity contribution in [2.75, 3.05) is 26.0 Å². The van der Waals surface area contributed by atoms with E-state index in [-0.39, 0.29) is 0 Å². The predicted octanol–water partition coefficient (Wildman–Crippen LogP) is 6.02. The van der Waals surface area contributed by atoms with E-state index in [1.807, 2.05) is 43.3 Å². The van der Waals surface area contributed by atoms with Gasteiger partial charge in [-0.2, -0.15) is 0 Å². The number of nitrogens with one attached hydrogen (secondary N) is 1. The third kappa shape index (κ3) is 6.24. The SMILES string of the molecule is C/C=C(/c1cccc(OC(=O)Nc2ccc(C(C)C)cc2)c1)[C@H](C)CN(C)C. The maximum Gasteiger partial charge on any atom is 0.417 e. The second kappa shape index (κ2) is 10.1. The fourth-order valence-corrected chi connectivity index (χ4v) is 3.32. The van der Waals surface area contributed by atoms with Gasteiger partial charge in [-0.1, -0.05) is 51.1 Å². The number of hydrogen-bond donors (Lipinski definition) is 1. The fraction of sp³-hybridized carbons (Fsp3) is 0.375. The molecular weight excluding hydrogens is 348 g/mol. The number of allylic oxidation sites excluding steroid dienone is 1. The second-order valence-corrected chi connectivity index (χ2v) is 7.73. The van der Waals surface area contributed by atoms with Crippen molar-refractivity contribution >= 4 is 17.4 Å². The smallest absolute Gasteiger partial charge is 0.410 e. The Bertz CT molecular complexity index is 808. The number of benzene rings is 2. The first kappa shape index (κ1) is 21.7. The van der Waals surface area contributed by atoms with E-state index >= 15 is 0 Å². The average Bonchev–Trinajstić information content (AvgIpc) is 2.62. The minimum atomic E-state index is -0.488. The highest BCUT2D eigenvalue weighted by Crippen LogP contribution is 2.27. The van der Waals surface area contributed by atoms with Crippen LogP contribution in [0.2, 0.25) is 0 Å². The number of carbonyl (C=O) groups excluding carboxylic acids is 1. The van der Waals surface area contributed by atoms with Gasteiger partial charge in [-0.05, 0) is 73.8 Å². The summed E-state index contributed by atoms with van der Waals surface area (Å²) in [7, 11) is 4.14. The minimum absolute atomic E-state index is 0.378. The van der Waals surface area contributed by atoms with Crippen LogP contribution >= 0.6 is 0 Å². The number of anilines is 1. The van der Waals surface area contributed by atoms with Crippen LogP contribution in [0.15, 0.2) is 54.6 Å². The average molecular weight is 381 g/mol. The zero-order chi connectivity index (χ0) is 20.7. The quantitative estimate of drug-likeness (QED) is 0.638. The highest BCUT2D eigenvalue weighted by molar-refractivity contribution is 5.86. The molecule has 0 aromatic heterocycles. The molecular formula is C24H32N2O2. The second-order valence-electron chi connectivity index (χ2n) is 7.73. The summed E-state index contributed by atoms with van der Waals surface area (Å²) in [6.45, 7) is 9.49. The molecule has 4 heteroatoms. The van der Waals surface area contributed by atoms with Gasteiger partial charge in [0.25, 0.3) is 0 Å². The predicted molar refractivity (Wildman–Crippen MR) is 118 cm³/mol. The van der Waals surface area contributed by atoms with E-state index in [9.17, 15) is 4.79 Å². The summed E-state index contributed by atoms with van der Waals surface area (Å²) in [5, 5.41) is 2.79. The normalized spacial score (nSPS) is 12.9. The molecule has 0 saturated heterocycles. The van der Waals surface area contributed by atoms with Gasteiger partial charge in [0, 0.05) is 12.2 Å². The van der Waals surface area contributed by atoms with Crippen molar-refractivity contribution < 1.29 is 9.53 Å². The van der Waals surface area contributed by atoms with E-state index in [1.165, 1.54) is 11.1 Å². The largest absolute Gasteiger partial charge is 0.417 e. The van der Waals surface area contributed by atoms with Gasteiger partial charge in [0.05, 0.1) is 0 Å². The van der Waals surface area contributed by atoms with Crippen molar-refractivity contribution in [2.24, 2.45) is 5.92 Å². The van der Waals surface area contributed by atoms with Crippen molar-refractivity contribution in [1.29, 1.82) is 0 Å². The van der Waals surface area contributed by atoms with Gasteiger partial charge in [0.1, 0.15) is 5.75 Å². The Kier molecular flexibility index (Phi) is 7.82. The van der Waals surface area contributed by atoms with E-state index < -0.39 is 6.09 Å². The van der Waals surface area contributed by atoms with Crippen LogP contribution in [-0.4, -0.2) is 31.6 Å². The highest BCUT2D eigenvalue weighted by atomic mass is 16.6. The van der Waals surface area contributed by atoms with Gasteiger partial charge in [0.2, 0.25) is 0 Å². The van der Waals surface area contributed by atoms with Gasteiger partial charge in [-0.3, -0.25) is 5.32 Å². The summed E-state index contributed by atoms with van der Waals surface area (Å²) in [5.74, 6) is 1.37. The van der Waals surface area contributed by atoms with Crippen LogP contribution in [0.3, 0.4) is 0 Å². The summed E-state index contributed by atoms with van der Waals surface area (Å²) in [6.07, 6.45) is 1.64. The van der Waals surface area contributed by atoms with Gasteiger partial charge >= 0.3 is 6.09 Å². The van der Waals surface area contributed by atoms with Crippen molar-refractivity contribution in [2.45, 2.75) is 33.6 Å². The van der Waals surface area contributed by atoms with Gasteiger partial charge in [0.15, 0.2) is 0 Å². The maximum absolute atomic E-state index is 12.3. The monoisotopic (exact) mass is 380 g/mol. The van der Waals surface area contributed by atoms with Crippen LogP contribution in [0.25, 0.3) is 5.57 Å². The zero-order valence-electron chi connectivity index (χ0n) is 17.8. The summed E-state index contributed by atoms with van der Waals surface area (Å²) in [4.78, 5) is 14.4. The first-order chi connectivity index (χ1) is 13.3. The molecule has 2 rings (SSSR count). The molecule has 0 saturated carbocycles. The molecule has 0 radical (unpaired) electrons. The van der Waals surface area contributed by atoms with E-state index in [2.05, 4.69) is 57.2 Å². The topological polar surface area (TPSA) is 41.6 Å². The maximum atomic E-state index is 12.3. The van der Waals surface area contributed by atoms with E-state index in [4.69, 9.17) is 4.74 Å². The number of ether oxygens (including phenoxy) is 1. The van der Waals surface area contributed by atoms with Crippen molar-refractivity contribution in [1.82, 2.24) is 4.90 Å². The highest BCUT2D eigenvalue weighted by Gasteiger charge is 2.13. The van der Waals surface area contributed by atoms with Gasteiger partial charge in [-0.15, -0.1) is 0 Å². The van der Waals surface area contributed by atoms with Crippen LogP contribution in [0.1, 0.15) is 44.7 Å². The molecule has 28 heavy (non-hydrogen) atoms. The number of carbonyl (C=O) groups is 1. The van der Waals surface area contributed by atoms with Gasteiger partial charge in [-0.25, -0.2) is 4.79 Å². The molecule has 0 bridgehead atoms. The zero-order valence-corrected chi connectivity index (χ0v) is 17.8. The standard InChI is InChI=1S/C24H32N2O2/c1-7-23(18(4)16-26(5)6)20-9-8-10-22(15-20)28-24(27)25-21-13-11-19(12-14-21)17(2)3/h7-15,17-18H,16H2,1-6H3,(H,25,27)/b23-7+/t18-/m1/s1. The summed E-state index contributed by atoms with van der Waals surface area (Å²) >= 11 is 0. The Morgan fingerprint density at radius 2 is 1.79 bits per heavy atom. The first-order valence-corrected chi connectivity index (χ1v) is 9.80. The number of nitrogens with zero attached hydrogens (tertiary/aromatic N) is 1. The Hall–Kier alpha value is -2.59. The Labute approximate surface area is 169 Å². The Balaban J connectivity index is 2.06. The number of rotatable bonds is 7. The lowest BCUT2D eigenvalue weighted by Crippen LogP contribution is -2.20. The lowest BCUT2D eigenvalue weighted by atomic mass is 9.93. The molecule has 0 aliphatic heterocycles. The van der Waals surface area contributed by atoms with Crippen molar-refractivity contribution in [3.05, 3.63) is 65.7 Å². The molecule has 2 aromatic rings. The molecule has 1 N–H and O–H groups in total. The van der Waals surface area contributed by atoms with E-state index in [1.54, 1.807) is 6.07 Å². The van der Waals surface area contributed by atoms with Crippen LogP contribution in [0.5, 0.6) is 5.75 Å². The molecule has 0 heterocycles. The molecule has 0 aliphatic carbocycles. The number of hydrogen-bond acceptors (Lipinski definition) is 3. The molecule has 150 valence electrons. The van der Waals surface area contributed by atoms with Crippen molar-refractivity contribution in [3.8, 4) is 5.75 Å². The lowest BCUT2D eigenvalue weighted by molar-refractivity contribution is 0.215. The third-order valence-electron chi connectivity index (χ3n) is 4.68. The van der Waals surface area contributed by atoms with Crippen LogP contribution in [0.4, 0.5) is 10.5 Å². The van der Waals surface area contributed by atoms with Gasteiger partial charge < -0.3 is 9.64 Å². The molecule has 0 fully saturated rings. The van der Waals surface area contributed by atoms with E-state index in [0.717, 1.165) is 17.8 Å². The lowest BCUT2D eigenvalue weighted by Gasteiger charge is -2.20. The van der Waals surface area contributed by atoms with Crippen molar-refractivity contribution in [3.63, 3.8) is 0 Å². The third-order valence-corrected chi connectivity index (χ3v) is 4.68. The molecule has 1 amide bonds. The molecule has 2 aromatic carbocycles. The fourth-order valence-electron chi connectivity index (χ4n) is 3.32. The molecule has 0 aliphatic rings. The minimum Gasteiger partial charge on any atom is -0.410 e. The van der Waals surface area contributed by atoms with Crippen LogP contribution < -0.4 is 10.1 Å². The molecule has 0 unspecified atom stereocenters. The Morgan fingerprint density at radius 3 is 2.36 bits per heavy atom. The summed E-state index contributed by atoms with van der Waals surface area (Å²) < 4.78 is 5.50. The van der Waals surface area contributed by atoms with Crippen LogP contribution in [-0.2, 0) is 0 Å². The first-order valence-electron chi connectivity index (χ1n) is 9.80. The van der Waals surface area contributed by atoms with E-state index in [0.29, 0.717) is 17.6 Å².